The maximum Gasteiger partial charge on any atom is 0.276 e. The van der Waals surface area contributed by atoms with Crippen molar-refractivity contribution in [1.29, 1.82) is 0 Å². The van der Waals surface area contributed by atoms with Gasteiger partial charge in [-0.05, 0) is 24.6 Å². The molecule has 10 nitrogen and oxygen atoms in total. The SMILES string of the molecule is O=C1CN(C(=O)CCC(=O)N2CCc3c(nc4cc(-c5ccccc5Cl)[nH]n4c3=O)C2)c2ccccc2N1. The maximum atomic E-state index is 13.2. The van der Waals surface area contributed by atoms with Crippen molar-refractivity contribution in [2.45, 2.75) is 25.8 Å². The Kier molecular flexibility index (Phi) is 5.96. The molecule has 0 atom stereocenters. The van der Waals surface area contributed by atoms with Crippen LogP contribution in [0.1, 0.15) is 24.1 Å². The molecule has 38 heavy (non-hydrogen) atoms. The zero-order chi connectivity index (χ0) is 26.4. The number of rotatable bonds is 4. The van der Waals surface area contributed by atoms with Gasteiger partial charge in [-0.15, -0.1) is 0 Å². The van der Waals surface area contributed by atoms with Gasteiger partial charge in [-0.2, -0.15) is 0 Å². The average Bonchev–Trinajstić information content (AvgIpc) is 3.35. The van der Waals surface area contributed by atoms with Crippen LogP contribution in [0.25, 0.3) is 16.9 Å². The van der Waals surface area contributed by atoms with Gasteiger partial charge in [-0.25, -0.2) is 9.50 Å². The standard InChI is InChI=1S/C27H23ClN6O4/c28-18-6-2-1-5-16(18)20-13-23-29-21-14-32(12-11-17(21)27(38)34(23)31-20)25(36)9-10-26(37)33-15-24(35)30-19-7-3-4-8-22(19)33/h1-8,13,31H,9-12,14-15H2,(H,30,35). The van der Waals surface area contributed by atoms with Crippen LogP contribution in [0.2, 0.25) is 5.02 Å². The van der Waals surface area contributed by atoms with Crippen molar-refractivity contribution in [3.05, 3.63) is 81.2 Å². The minimum Gasteiger partial charge on any atom is -0.336 e. The van der Waals surface area contributed by atoms with E-state index in [0.717, 1.165) is 5.56 Å². The zero-order valence-corrected chi connectivity index (χ0v) is 21.0. The normalized spacial score (nSPS) is 14.7. The molecule has 0 fully saturated rings. The highest BCUT2D eigenvalue weighted by Crippen LogP contribution is 2.30. The number of aromatic nitrogens is 3. The Balaban J connectivity index is 1.17. The van der Waals surface area contributed by atoms with Crippen molar-refractivity contribution < 1.29 is 14.4 Å². The van der Waals surface area contributed by atoms with Crippen LogP contribution in [0.4, 0.5) is 11.4 Å². The fourth-order valence-corrected chi connectivity index (χ4v) is 5.22. The van der Waals surface area contributed by atoms with Gasteiger partial charge < -0.3 is 15.1 Å². The fraction of sp³-hybridized carbons (Fsp3) is 0.222. The Bertz CT molecular complexity index is 1680. The summed E-state index contributed by atoms with van der Waals surface area (Å²) in [6.07, 6.45) is 0.332. The second-order valence-corrected chi connectivity index (χ2v) is 9.70. The summed E-state index contributed by atoms with van der Waals surface area (Å²) in [4.78, 5) is 58.9. The van der Waals surface area contributed by atoms with E-state index in [4.69, 9.17) is 11.6 Å². The number of benzene rings is 2. The summed E-state index contributed by atoms with van der Waals surface area (Å²) < 4.78 is 1.40. The van der Waals surface area contributed by atoms with Crippen molar-refractivity contribution in [2.24, 2.45) is 0 Å². The first-order chi connectivity index (χ1) is 18.4. The van der Waals surface area contributed by atoms with Gasteiger partial charge in [0.15, 0.2) is 5.65 Å². The van der Waals surface area contributed by atoms with E-state index in [9.17, 15) is 19.2 Å². The summed E-state index contributed by atoms with van der Waals surface area (Å²) in [6.45, 7) is 0.462. The molecule has 4 heterocycles. The molecule has 6 rings (SSSR count). The van der Waals surface area contributed by atoms with Crippen LogP contribution in [0, 0.1) is 0 Å². The van der Waals surface area contributed by atoms with Crippen molar-refractivity contribution in [3.8, 4) is 11.3 Å². The Labute approximate surface area is 221 Å². The molecule has 3 amide bonds. The van der Waals surface area contributed by atoms with Gasteiger partial charge in [-0.3, -0.25) is 24.3 Å². The quantitative estimate of drug-likeness (QED) is 0.420. The first kappa shape index (κ1) is 23.9. The monoisotopic (exact) mass is 530 g/mol. The maximum absolute atomic E-state index is 13.2. The van der Waals surface area contributed by atoms with Gasteiger partial charge in [0.1, 0.15) is 6.54 Å². The highest BCUT2D eigenvalue weighted by atomic mass is 35.5. The topological polar surface area (TPSA) is 120 Å². The molecule has 2 aromatic heterocycles. The number of hydrogen-bond donors (Lipinski definition) is 2. The molecular formula is C27H23ClN6O4. The molecule has 0 aliphatic carbocycles. The number of nitrogens with zero attached hydrogens (tertiary/aromatic N) is 4. The molecule has 0 spiro atoms. The van der Waals surface area contributed by atoms with E-state index in [-0.39, 0.29) is 49.2 Å². The molecule has 4 aromatic rings. The van der Waals surface area contributed by atoms with E-state index in [1.165, 1.54) is 9.42 Å². The lowest BCUT2D eigenvalue weighted by atomic mass is 10.1. The third kappa shape index (κ3) is 4.22. The van der Waals surface area contributed by atoms with E-state index < -0.39 is 0 Å². The largest absolute Gasteiger partial charge is 0.336 e. The van der Waals surface area contributed by atoms with Crippen molar-refractivity contribution in [1.82, 2.24) is 19.5 Å². The van der Waals surface area contributed by atoms with Crippen molar-refractivity contribution in [2.75, 3.05) is 23.3 Å². The number of fused-ring (bicyclic) bond motifs is 3. The Morgan fingerprint density at radius 1 is 0.974 bits per heavy atom. The predicted molar refractivity (Wildman–Crippen MR) is 142 cm³/mol. The molecule has 0 bridgehead atoms. The number of halogens is 1. The smallest absolute Gasteiger partial charge is 0.276 e. The number of anilines is 2. The Morgan fingerprint density at radius 2 is 1.74 bits per heavy atom. The molecule has 0 radical (unpaired) electrons. The predicted octanol–water partition coefficient (Wildman–Crippen LogP) is 2.99. The van der Waals surface area contributed by atoms with Crippen LogP contribution < -0.4 is 15.8 Å². The van der Waals surface area contributed by atoms with E-state index in [2.05, 4.69) is 15.4 Å². The number of amides is 3. The summed E-state index contributed by atoms with van der Waals surface area (Å²) >= 11 is 6.32. The molecule has 2 N–H and O–H groups in total. The Morgan fingerprint density at radius 3 is 2.58 bits per heavy atom. The van der Waals surface area contributed by atoms with Gasteiger partial charge in [0, 0.05) is 41.6 Å². The zero-order valence-electron chi connectivity index (χ0n) is 20.2. The lowest BCUT2D eigenvalue weighted by Crippen LogP contribution is -2.43. The molecular weight excluding hydrogens is 508 g/mol. The van der Waals surface area contributed by atoms with E-state index in [1.807, 2.05) is 18.2 Å². The first-order valence-electron chi connectivity index (χ1n) is 12.2. The first-order valence-corrected chi connectivity index (χ1v) is 12.6. The highest BCUT2D eigenvalue weighted by Gasteiger charge is 2.29. The molecule has 11 heteroatoms. The third-order valence-corrected chi connectivity index (χ3v) is 7.24. The Hall–Kier alpha value is -4.44. The van der Waals surface area contributed by atoms with Crippen LogP contribution >= 0.6 is 11.6 Å². The minimum absolute atomic E-state index is 0.00348. The number of nitrogens with one attached hydrogen (secondary N) is 2. The molecule has 2 aliphatic heterocycles. The second-order valence-electron chi connectivity index (χ2n) is 9.30. The highest BCUT2D eigenvalue weighted by molar-refractivity contribution is 6.33. The van der Waals surface area contributed by atoms with Crippen molar-refractivity contribution >= 4 is 46.3 Å². The summed E-state index contributed by atoms with van der Waals surface area (Å²) in [5, 5.41) is 6.39. The van der Waals surface area contributed by atoms with Gasteiger partial charge in [0.05, 0.1) is 29.3 Å². The van der Waals surface area contributed by atoms with Crippen LogP contribution in [0.5, 0.6) is 0 Å². The number of para-hydroxylation sites is 2. The fourth-order valence-electron chi connectivity index (χ4n) is 4.99. The minimum atomic E-state index is -0.296. The lowest BCUT2D eigenvalue weighted by Gasteiger charge is -2.30. The summed E-state index contributed by atoms with van der Waals surface area (Å²) in [6, 6.07) is 16.2. The summed E-state index contributed by atoms with van der Waals surface area (Å²) in [7, 11) is 0. The van der Waals surface area contributed by atoms with Gasteiger partial charge >= 0.3 is 0 Å². The molecule has 192 valence electrons. The molecule has 0 unspecified atom stereocenters. The number of aromatic amines is 1. The molecule has 2 aromatic carbocycles. The van der Waals surface area contributed by atoms with E-state index in [1.54, 1.807) is 41.3 Å². The average molecular weight is 531 g/mol. The molecule has 2 aliphatic rings. The van der Waals surface area contributed by atoms with Gasteiger partial charge in [0.25, 0.3) is 5.56 Å². The lowest BCUT2D eigenvalue weighted by molar-refractivity contribution is -0.134. The van der Waals surface area contributed by atoms with Gasteiger partial charge in [0.2, 0.25) is 17.7 Å². The molecule has 0 saturated heterocycles. The van der Waals surface area contributed by atoms with Crippen LogP contribution in [0.3, 0.4) is 0 Å². The number of carbonyl (C=O) groups is 3. The number of hydrogen-bond acceptors (Lipinski definition) is 5. The van der Waals surface area contributed by atoms with Crippen LogP contribution in [-0.2, 0) is 27.3 Å². The second kappa shape index (κ2) is 9.46. The number of H-pyrrole nitrogens is 1. The number of carbonyl (C=O) groups excluding carboxylic acids is 3. The molecule has 0 saturated carbocycles. The van der Waals surface area contributed by atoms with E-state index >= 15 is 0 Å². The van der Waals surface area contributed by atoms with Crippen molar-refractivity contribution in [3.63, 3.8) is 0 Å². The van der Waals surface area contributed by atoms with Crippen LogP contribution in [0.15, 0.2) is 59.4 Å². The third-order valence-electron chi connectivity index (χ3n) is 6.91. The summed E-state index contributed by atoms with van der Waals surface area (Å²) in [5.74, 6) is -0.774. The van der Waals surface area contributed by atoms with Gasteiger partial charge in [-0.1, -0.05) is 41.9 Å². The van der Waals surface area contributed by atoms with Crippen LogP contribution in [-0.4, -0.2) is 50.3 Å². The summed E-state index contributed by atoms with van der Waals surface area (Å²) in [5.41, 5.74) is 3.96. The van der Waals surface area contributed by atoms with E-state index in [0.29, 0.717) is 52.0 Å².